The molecule has 1 unspecified atom stereocenters. The molecule has 8 heteroatoms. The molecule has 4 rings (SSSR count). The Morgan fingerprint density at radius 3 is 2.61 bits per heavy atom. The van der Waals surface area contributed by atoms with Crippen LogP contribution in [0.4, 0.5) is 0 Å². The van der Waals surface area contributed by atoms with Crippen molar-refractivity contribution < 1.29 is 9.59 Å². The van der Waals surface area contributed by atoms with Gasteiger partial charge in [-0.25, -0.2) is 9.50 Å². The monoisotopic (exact) mass is 427 g/mol. The van der Waals surface area contributed by atoms with Gasteiger partial charge in [-0.05, 0) is 12.8 Å². The lowest BCUT2D eigenvalue weighted by Crippen LogP contribution is -2.44. The van der Waals surface area contributed by atoms with E-state index in [0.29, 0.717) is 37.3 Å². The first-order valence-corrected chi connectivity index (χ1v) is 11.3. The molecular weight excluding hydrogens is 394 g/mol. The first-order chi connectivity index (χ1) is 14.6. The van der Waals surface area contributed by atoms with Crippen LogP contribution in [0.5, 0.6) is 0 Å². The Bertz CT molecular complexity index is 1080. The van der Waals surface area contributed by atoms with E-state index in [-0.39, 0.29) is 29.2 Å². The number of fused-ring (bicyclic) bond motifs is 2. The van der Waals surface area contributed by atoms with Crippen LogP contribution in [0.1, 0.15) is 70.3 Å². The highest BCUT2D eigenvalue weighted by Gasteiger charge is 2.32. The smallest absolute Gasteiger partial charge is 0.277 e. The maximum Gasteiger partial charge on any atom is 0.277 e. The zero-order valence-corrected chi connectivity index (χ0v) is 19.2. The van der Waals surface area contributed by atoms with Crippen molar-refractivity contribution in [3.8, 4) is 0 Å². The van der Waals surface area contributed by atoms with E-state index in [1.165, 1.54) is 4.52 Å². The van der Waals surface area contributed by atoms with E-state index >= 15 is 0 Å². The second-order valence-corrected chi connectivity index (χ2v) is 10.3. The summed E-state index contributed by atoms with van der Waals surface area (Å²) in [7, 11) is 0. The van der Waals surface area contributed by atoms with Crippen LogP contribution in [0, 0.1) is 11.3 Å². The van der Waals surface area contributed by atoms with Gasteiger partial charge in [0, 0.05) is 55.1 Å². The van der Waals surface area contributed by atoms with Crippen molar-refractivity contribution in [1.29, 1.82) is 0 Å². The van der Waals surface area contributed by atoms with Crippen molar-refractivity contribution in [1.82, 2.24) is 24.4 Å². The van der Waals surface area contributed by atoms with Crippen LogP contribution in [0.2, 0.25) is 0 Å². The summed E-state index contributed by atoms with van der Waals surface area (Å²) in [4.78, 5) is 46.8. The third-order valence-corrected chi connectivity index (χ3v) is 6.38. The molecule has 168 valence electrons. The van der Waals surface area contributed by atoms with Gasteiger partial charge >= 0.3 is 0 Å². The Balaban J connectivity index is 1.62. The SMILES string of the molecule is CC(C)C(=O)N1CCc2nc3cc(C4CCCN(C(=O)C(C)(C)C)C4)[nH]n3c(=O)c2C1. The predicted octanol–water partition coefficient (Wildman–Crippen LogP) is 2.32. The molecule has 0 spiro atoms. The van der Waals surface area contributed by atoms with Crippen LogP contribution in [-0.2, 0) is 22.6 Å². The summed E-state index contributed by atoms with van der Waals surface area (Å²) in [5.41, 5.74) is 2.40. The van der Waals surface area contributed by atoms with Crippen molar-refractivity contribution in [2.24, 2.45) is 11.3 Å². The minimum absolute atomic E-state index is 0.0631. The average Bonchev–Trinajstić information content (AvgIpc) is 3.16. The van der Waals surface area contributed by atoms with Crippen LogP contribution in [-0.4, -0.2) is 55.8 Å². The zero-order valence-electron chi connectivity index (χ0n) is 19.2. The van der Waals surface area contributed by atoms with Gasteiger partial charge in [0.1, 0.15) is 0 Å². The molecule has 0 aliphatic carbocycles. The molecule has 2 aliphatic heterocycles. The minimum Gasteiger partial charge on any atom is -0.342 e. The number of likely N-dealkylation sites (tertiary alicyclic amines) is 1. The number of carbonyl (C=O) groups excluding carboxylic acids is 2. The molecule has 2 aromatic rings. The highest BCUT2D eigenvalue weighted by Crippen LogP contribution is 2.29. The van der Waals surface area contributed by atoms with Crippen molar-refractivity contribution >= 4 is 17.5 Å². The van der Waals surface area contributed by atoms with Gasteiger partial charge in [-0.2, -0.15) is 0 Å². The standard InChI is InChI=1S/C23H33N5O3/c1-14(2)20(29)26-10-8-17-16(13-26)21(30)28-19(24-17)11-18(25-28)15-7-6-9-27(12-15)22(31)23(3,4)5/h11,14-15,25H,6-10,12-13H2,1-5H3. The number of rotatable bonds is 2. The Labute approximate surface area is 182 Å². The van der Waals surface area contributed by atoms with Gasteiger partial charge in [0.15, 0.2) is 5.65 Å². The molecule has 1 fully saturated rings. The van der Waals surface area contributed by atoms with Crippen LogP contribution in [0.25, 0.3) is 5.65 Å². The molecular formula is C23H33N5O3. The minimum atomic E-state index is -0.404. The van der Waals surface area contributed by atoms with Crippen molar-refractivity contribution in [2.75, 3.05) is 19.6 Å². The lowest BCUT2D eigenvalue weighted by molar-refractivity contribution is -0.140. The summed E-state index contributed by atoms with van der Waals surface area (Å²) in [5, 5.41) is 3.25. The maximum atomic E-state index is 13.2. The van der Waals surface area contributed by atoms with E-state index in [1.54, 1.807) is 4.90 Å². The second-order valence-electron chi connectivity index (χ2n) is 10.3. The molecule has 2 aromatic heterocycles. The van der Waals surface area contributed by atoms with Crippen LogP contribution in [0.3, 0.4) is 0 Å². The lowest BCUT2D eigenvalue weighted by atomic mass is 9.90. The van der Waals surface area contributed by atoms with Gasteiger partial charge in [-0.15, -0.1) is 0 Å². The normalized spacial score (nSPS) is 19.7. The van der Waals surface area contributed by atoms with E-state index in [1.807, 2.05) is 45.6 Å². The summed E-state index contributed by atoms with van der Waals surface area (Å²) < 4.78 is 1.50. The highest BCUT2D eigenvalue weighted by molar-refractivity contribution is 5.81. The van der Waals surface area contributed by atoms with E-state index in [9.17, 15) is 14.4 Å². The largest absolute Gasteiger partial charge is 0.342 e. The Hall–Kier alpha value is -2.64. The number of nitrogens with one attached hydrogen (secondary N) is 1. The van der Waals surface area contributed by atoms with E-state index in [2.05, 4.69) is 5.10 Å². The number of aromatic nitrogens is 3. The van der Waals surface area contributed by atoms with Gasteiger partial charge < -0.3 is 9.80 Å². The first-order valence-electron chi connectivity index (χ1n) is 11.3. The number of nitrogens with zero attached hydrogens (tertiary/aromatic N) is 4. The van der Waals surface area contributed by atoms with Gasteiger partial charge in [-0.1, -0.05) is 34.6 Å². The van der Waals surface area contributed by atoms with E-state index < -0.39 is 5.41 Å². The second kappa shape index (κ2) is 7.80. The summed E-state index contributed by atoms with van der Waals surface area (Å²) in [6, 6.07) is 1.95. The topological polar surface area (TPSA) is 90.8 Å². The number of H-pyrrole nitrogens is 1. The number of carbonyl (C=O) groups is 2. The van der Waals surface area contributed by atoms with Crippen LogP contribution in [0.15, 0.2) is 10.9 Å². The van der Waals surface area contributed by atoms with Gasteiger partial charge in [-0.3, -0.25) is 19.5 Å². The summed E-state index contributed by atoms with van der Waals surface area (Å²) in [6.45, 7) is 11.9. The molecule has 2 aliphatic rings. The molecule has 0 aromatic carbocycles. The fraction of sp³-hybridized carbons (Fsp3) is 0.652. The number of piperidine rings is 1. The Morgan fingerprint density at radius 1 is 1.19 bits per heavy atom. The summed E-state index contributed by atoms with van der Waals surface area (Å²) in [5.74, 6) is 0.280. The van der Waals surface area contributed by atoms with Gasteiger partial charge in [0.25, 0.3) is 5.56 Å². The molecule has 31 heavy (non-hydrogen) atoms. The van der Waals surface area contributed by atoms with Crippen LogP contribution < -0.4 is 5.56 Å². The molecule has 1 atom stereocenters. The summed E-state index contributed by atoms with van der Waals surface area (Å²) in [6.07, 6.45) is 2.50. The fourth-order valence-corrected chi connectivity index (χ4v) is 4.65. The molecule has 8 nitrogen and oxygen atoms in total. The zero-order chi connectivity index (χ0) is 22.5. The van der Waals surface area contributed by atoms with Gasteiger partial charge in [0.2, 0.25) is 11.8 Å². The molecule has 1 saturated heterocycles. The molecule has 4 heterocycles. The number of hydrogen-bond acceptors (Lipinski definition) is 4. The summed E-state index contributed by atoms with van der Waals surface area (Å²) >= 11 is 0. The Kier molecular flexibility index (Phi) is 5.43. The van der Waals surface area contributed by atoms with E-state index in [4.69, 9.17) is 4.98 Å². The first kappa shape index (κ1) is 21.6. The fourth-order valence-electron chi connectivity index (χ4n) is 4.65. The number of amides is 2. The molecule has 0 saturated carbocycles. The third-order valence-electron chi connectivity index (χ3n) is 6.38. The number of hydrogen-bond donors (Lipinski definition) is 1. The molecule has 1 N–H and O–H groups in total. The number of aromatic amines is 1. The van der Waals surface area contributed by atoms with Crippen LogP contribution >= 0.6 is 0 Å². The molecule has 0 radical (unpaired) electrons. The molecule has 2 amide bonds. The van der Waals surface area contributed by atoms with E-state index in [0.717, 1.165) is 30.8 Å². The van der Waals surface area contributed by atoms with Crippen molar-refractivity contribution in [3.05, 3.63) is 33.4 Å². The maximum absolute atomic E-state index is 13.2. The van der Waals surface area contributed by atoms with Crippen molar-refractivity contribution in [2.45, 2.75) is 66.3 Å². The average molecular weight is 428 g/mol. The third kappa shape index (κ3) is 4.00. The predicted molar refractivity (Wildman–Crippen MR) is 118 cm³/mol. The highest BCUT2D eigenvalue weighted by atomic mass is 16.2. The quantitative estimate of drug-likeness (QED) is 0.796. The molecule has 0 bridgehead atoms. The lowest BCUT2D eigenvalue weighted by Gasteiger charge is -2.36. The Morgan fingerprint density at radius 2 is 1.94 bits per heavy atom. The van der Waals surface area contributed by atoms with Crippen molar-refractivity contribution in [3.63, 3.8) is 0 Å². The van der Waals surface area contributed by atoms with Gasteiger partial charge in [0.05, 0.1) is 17.8 Å².